The summed E-state index contributed by atoms with van der Waals surface area (Å²) in [6.07, 6.45) is 4.18. The number of benzene rings is 8. The fourth-order valence-electron chi connectivity index (χ4n) is 6.72. The van der Waals surface area contributed by atoms with Crippen LogP contribution < -0.4 is 4.90 Å². The van der Waals surface area contributed by atoms with Gasteiger partial charge < -0.3 is 4.90 Å². The van der Waals surface area contributed by atoms with Gasteiger partial charge >= 0.3 is 0 Å². The van der Waals surface area contributed by atoms with E-state index in [1.807, 2.05) is 6.08 Å². The van der Waals surface area contributed by atoms with Gasteiger partial charge in [-0.15, -0.1) is 0 Å². The van der Waals surface area contributed by atoms with Crippen LogP contribution >= 0.6 is 0 Å². The molecular formula is C48H35N. The van der Waals surface area contributed by atoms with Crippen LogP contribution in [0.25, 0.3) is 50.4 Å². The number of hydrogen-bond donors (Lipinski definition) is 0. The van der Waals surface area contributed by atoms with E-state index in [0.717, 1.165) is 28.2 Å². The first kappa shape index (κ1) is 29.9. The Morgan fingerprint density at radius 2 is 0.959 bits per heavy atom. The van der Waals surface area contributed by atoms with Gasteiger partial charge in [-0.25, -0.2) is 0 Å². The Labute approximate surface area is 288 Å². The molecule has 0 atom stereocenters. The molecule has 232 valence electrons. The molecule has 0 fully saturated rings. The second-order valence-corrected chi connectivity index (χ2v) is 12.2. The minimum Gasteiger partial charge on any atom is -0.310 e. The van der Waals surface area contributed by atoms with Gasteiger partial charge in [0.1, 0.15) is 0 Å². The van der Waals surface area contributed by atoms with Crippen LogP contribution in [0, 0.1) is 0 Å². The molecule has 0 bridgehead atoms. The fraction of sp³-hybridized carbons (Fsp3) is 0. The number of hydrogen-bond acceptors (Lipinski definition) is 1. The zero-order valence-corrected chi connectivity index (χ0v) is 27.2. The summed E-state index contributed by atoms with van der Waals surface area (Å²) in [5.41, 5.74) is 11.6. The third-order valence-corrected chi connectivity index (χ3v) is 9.24. The van der Waals surface area contributed by atoms with Gasteiger partial charge in [-0.1, -0.05) is 170 Å². The number of fused-ring (bicyclic) bond motifs is 2. The first-order valence-corrected chi connectivity index (χ1v) is 16.7. The molecule has 0 radical (unpaired) electrons. The third kappa shape index (κ3) is 6.06. The van der Waals surface area contributed by atoms with Gasteiger partial charge in [-0.3, -0.25) is 0 Å². The maximum absolute atomic E-state index is 3.92. The van der Waals surface area contributed by atoms with Crippen molar-refractivity contribution in [2.24, 2.45) is 0 Å². The SMILES string of the molecule is C=Cc1ccc(/C=C(/c2ccc(-c3ccc(N(c4ccccc4)c4cccc5ccccc45)cc3)cc2)c2cccc3ccccc23)cc1. The summed E-state index contributed by atoms with van der Waals surface area (Å²) in [7, 11) is 0. The van der Waals surface area contributed by atoms with E-state index in [-0.39, 0.29) is 0 Å². The maximum atomic E-state index is 3.92. The first-order chi connectivity index (χ1) is 24.2. The topological polar surface area (TPSA) is 3.24 Å². The van der Waals surface area contributed by atoms with Gasteiger partial charge in [-0.05, 0) is 91.5 Å². The minimum absolute atomic E-state index is 1.11. The van der Waals surface area contributed by atoms with Crippen LogP contribution in [0.4, 0.5) is 17.1 Å². The number of anilines is 3. The normalized spacial score (nSPS) is 11.5. The summed E-state index contributed by atoms with van der Waals surface area (Å²) in [6.45, 7) is 3.92. The van der Waals surface area contributed by atoms with E-state index in [9.17, 15) is 0 Å². The molecule has 0 aromatic heterocycles. The van der Waals surface area contributed by atoms with Crippen LogP contribution in [0.1, 0.15) is 22.3 Å². The van der Waals surface area contributed by atoms with Crippen molar-refractivity contribution < 1.29 is 0 Å². The molecule has 0 spiro atoms. The highest BCUT2D eigenvalue weighted by atomic mass is 15.1. The predicted molar refractivity (Wildman–Crippen MR) is 212 cm³/mol. The lowest BCUT2D eigenvalue weighted by molar-refractivity contribution is 1.30. The van der Waals surface area contributed by atoms with Crippen molar-refractivity contribution in [1.29, 1.82) is 0 Å². The van der Waals surface area contributed by atoms with E-state index >= 15 is 0 Å². The van der Waals surface area contributed by atoms with E-state index in [4.69, 9.17) is 0 Å². The van der Waals surface area contributed by atoms with E-state index in [1.165, 1.54) is 49.4 Å². The molecule has 0 saturated heterocycles. The molecular weight excluding hydrogens is 591 g/mol. The summed E-state index contributed by atoms with van der Waals surface area (Å²) >= 11 is 0. The van der Waals surface area contributed by atoms with Crippen molar-refractivity contribution in [3.8, 4) is 11.1 Å². The van der Waals surface area contributed by atoms with Crippen molar-refractivity contribution in [1.82, 2.24) is 0 Å². The van der Waals surface area contributed by atoms with Crippen LogP contribution in [0.15, 0.2) is 195 Å². The van der Waals surface area contributed by atoms with Crippen molar-refractivity contribution in [2.45, 2.75) is 0 Å². The highest BCUT2D eigenvalue weighted by Gasteiger charge is 2.15. The average molecular weight is 626 g/mol. The van der Waals surface area contributed by atoms with Gasteiger partial charge in [0.2, 0.25) is 0 Å². The van der Waals surface area contributed by atoms with E-state index in [2.05, 4.69) is 206 Å². The molecule has 0 heterocycles. The van der Waals surface area contributed by atoms with Crippen LogP contribution in [0.5, 0.6) is 0 Å². The molecule has 0 unspecified atom stereocenters. The molecule has 0 amide bonds. The monoisotopic (exact) mass is 625 g/mol. The van der Waals surface area contributed by atoms with Gasteiger partial charge in [0.15, 0.2) is 0 Å². The lowest BCUT2D eigenvalue weighted by atomic mass is 9.90. The van der Waals surface area contributed by atoms with Gasteiger partial charge in [-0.2, -0.15) is 0 Å². The number of nitrogens with zero attached hydrogens (tertiary/aromatic N) is 1. The van der Waals surface area contributed by atoms with E-state index in [0.29, 0.717) is 0 Å². The molecule has 8 rings (SSSR count). The zero-order valence-electron chi connectivity index (χ0n) is 27.2. The number of para-hydroxylation sites is 1. The molecule has 0 saturated carbocycles. The van der Waals surface area contributed by atoms with Gasteiger partial charge in [0, 0.05) is 16.8 Å². The van der Waals surface area contributed by atoms with Crippen LogP contribution in [-0.4, -0.2) is 0 Å². The second kappa shape index (κ2) is 13.4. The molecule has 49 heavy (non-hydrogen) atoms. The van der Waals surface area contributed by atoms with Gasteiger partial charge in [0.25, 0.3) is 0 Å². The third-order valence-electron chi connectivity index (χ3n) is 9.24. The summed E-state index contributed by atoms with van der Waals surface area (Å²) in [5.74, 6) is 0. The Balaban J connectivity index is 1.16. The fourth-order valence-corrected chi connectivity index (χ4v) is 6.72. The molecule has 0 aliphatic rings. The lowest BCUT2D eigenvalue weighted by Crippen LogP contribution is -2.10. The summed E-state index contributed by atoms with van der Waals surface area (Å²) in [4.78, 5) is 2.35. The Morgan fingerprint density at radius 1 is 0.429 bits per heavy atom. The van der Waals surface area contributed by atoms with E-state index in [1.54, 1.807) is 0 Å². The average Bonchev–Trinajstić information content (AvgIpc) is 3.18. The minimum atomic E-state index is 1.11. The van der Waals surface area contributed by atoms with Crippen molar-refractivity contribution in [2.75, 3.05) is 4.90 Å². The van der Waals surface area contributed by atoms with Crippen LogP contribution in [-0.2, 0) is 0 Å². The van der Waals surface area contributed by atoms with Crippen molar-refractivity contribution in [3.63, 3.8) is 0 Å². The molecule has 0 aliphatic heterocycles. The molecule has 1 heteroatoms. The lowest BCUT2D eigenvalue weighted by Gasteiger charge is -2.27. The Bertz CT molecular complexity index is 2410. The Morgan fingerprint density at radius 3 is 1.65 bits per heavy atom. The highest BCUT2D eigenvalue weighted by Crippen LogP contribution is 2.40. The number of rotatable bonds is 8. The van der Waals surface area contributed by atoms with Crippen molar-refractivity contribution in [3.05, 3.63) is 217 Å². The summed E-state index contributed by atoms with van der Waals surface area (Å²) < 4.78 is 0. The Kier molecular flexibility index (Phi) is 8.16. The smallest absolute Gasteiger partial charge is 0.0540 e. The molecule has 8 aromatic carbocycles. The van der Waals surface area contributed by atoms with Crippen LogP contribution in [0.2, 0.25) is 0 Å². The molecule has 8 aromatic rings. The highest BCUT2D eigenvalue weighted by molar-refractivity contribution is 6.03. The predicted octanol–water partition coefficient (Wildman–Crippen LogP) is 13.4. The molecule has 0 N–H and O–H groups in total. The second-order valence-electron chi connectivity index (χ2n) is 12.2. The quantitative estimate of drug-likeness (QED) is 0.152. The van der Waals surface area contributed by atoms with Crippen LogP contribution in [0.3, 0.4) is 0 Å². The molecule has 0 aliphatic carbocycles. The molecule has 1 nitrogen and oxygen atoms in total. The van der Waals surface area contributed by atoms with E-state index < -0.39 is 0 Å². The Hall–Kier alpha value is -6.44. The first-order valence-electron chi connectivity index (χ1n) is 16.7. The standard InChI is InChI=1S/C48H35N/c1-2-35-22-24-36(25-23-35)34-47(46-20-10-14-39-12-6-8-18-44(39)46)41-28-26-37(27-29-41)38-30-32-43(33-31-38)49(42-16-4-3-5-17-42)48-21-11-15-40-13-7-9-19-45(40)48/h2-34H,1H2/b47-34-. The largest absolute Gasteiger partial charge is 0.310 e. The summed E-state index contributed by atoms with van der Waals surface area (Å²) in [6, 6.07) is 67.3. The zero-order chi connectivity index (χ0) is 33.0. The summed E-state index contributed by atoms with van der Waals surface area (Å²) in [5, 5.41) is 4.93. The van der Waals surface area contributed by atoms with Gasteiger partial charge in [0.05, 0.1) is 5.69 Å². The maximum Gasteiger partial charge on any atom is 0.0540 e. The van der Waals surface area contributed by atoms with Crippen molar-refractivity contribution >= 4 is 56.3 Å².